The fourth-order valence-corrected chi connectivity index (χ4v) is 3.76. The van der Waals surface area contributed by atoms with E-state index < -0.39 is 0 Å². The van der Waals surface area contributed by atoms with Crippen LogP contribution < -0.4 is 9.64 Å². The molecule has 0 aliphatic carbocycles. The number of H-pyrrole nitrogens is 1. The second kappa shape index (κ2) is 7.18. The normalized spacial score (nSPS) is 18.2. The van der Waals surface area contributed by atoms with Crippen LogP contribution >= 0.6 is 0 Å². The Morgan fingerprint density at radius 3 is 2.96 bits per heavy atom. The van der Waals surface area contributed by atoms with Crippen LogP contribution in [0, 0.1) is 0 Å². The molecule has 0 saturated carbocycles. The first kappa shape index (κ1) is 18.3. The standard InChI is InChI=1S/C20H25N5O3/c1-23(2)20(27)13-4-5-18-17(8-13)24(3)15(12-28-18)9-19(26)25-7-6-16-14(11-25)10-21-22-16/h4-5,8,10,15H,6-7,9,11-12H2,1-3H3,(H,21,22). The highest BCUT2D eigenvalue weighted by Crippen LogP contribution is 2.35. The van der Waals surface area contributed by atoms with Gasteiger partial charge in [0, 0.05) is 57.5 Å². The Hall–Kier alpha value is -3.03. The lowest BCUT2D eigenvalue weighted by molar-refractivity contribution is -0.132. The maximum absolute atomic E-state index is 12.9. The van der Waals surface area contributed by atoms with Crippen LogP contribution in [0.4, 0.5) is 5.69 Å². The summed E-state index contributed by atoms with van der Waals surface area (Å²) in [6.07, 6.45) is 2.97. The third-order valence-corrected chi connectivity index (χ3v) is 5.53. The number of nitrogens with one attached hydrogen (secondary N) is 1. The number of benzene rings is 1. The van der Waals surface area contributed by atoms with Crippen LogP contribution in [0.15, 0.2) is 24.4 Å². The fraction of sp³-hybridized carbons (Fsp3) is 0.450. The van der Waals surface area contributed by atoms with E-state index in [2.05, 4.69) is 15.1 Å². The molecule has 28 heavy (non-hydrogen) atoms. The highest BCUT2D eigenvalue weighted by atomic mass is 16.5. The van der Waals surface area contributed by atoms with Gasteiger partial charge >= 0.3 is 0 Å². The van der Waals surface area contributed by atoms with Crippen molar-refractivity contribution in [3.8, 4) is 5.75 Å². The zero-order chi connectivity index (χ0) is 19.8. The third kappa shape index (κ3) is 3.30. The highest BCUT2D eigenvalue weighted by Gasteiger charge is 2.30. The summed E-state index contributed by atoms with van der Waals surface area (Å²) in [6.45, 7) is 1.74. The SMILES string of the molecule is CN(C)C(=O)c1ccc2c(c1)N(C)C(CC(=O)N1CCc3[nH]ncc3C1)CO2. The first-order valence-electron chi connectivity index (χ1n) is 9.44. The van der Waals surface area contributed by atoms with Crippen molar-refractivity contribution < 1.29 is 14.3 Å². The molecule has 0 fully saturated rings. The Bertz CT molecular complexity index is 907. The van der Waals surface area contributed by atoms with E-state index in [0.29, 0.717) is 31.7 Å². The monoisotopic (exact) mass is 383 g/mol. The Labute approximate surface area is 164 Å². The van der Waals surface area contributed by atoms with E-state index in [9.17, 15) is 9.59 Å². The van der Waals surface area contributed by atoms with Crippen molar-refractivity contribution in [1.29, 1.82) is 0 Å². The van der Waals surface area contributed by atoms with Gasteiger partial charge in [-0.05, 0) is 18.2 Å². The molecule has 0 radical (unpaired) electrons. The van der Waals surface area contributed by atoms with Crippen LogP contribution in [0.1, 0.15) is 28.0 Å². The van der Waals surface area contributed by atoms with Gasteiger partial charge < -0.3 is 19.4 Å². The second-order valence-electron chi connectivity index (χ2n) is 7.60. The van der Waals surface area contributed by atoms with Crippen LogP contribution in [0.2, 0.25) is 0 Å². The van der Waals surface area contributed by atoms with Gasteiger partial charge in [0.25, 0.3) is 5.91 Å². The maximum Gasteiger partial charge on any atom is 0.253 e. The zero-order valence-electron chi connectivity index (χ0n) is 16.4. The Morgan fingerprint density at radius 2 is 2.18 bits per heavy atom. The molecule has 3 heterocycles. The average Bonchev–Trinajstić information content (AvgIpc) is 3.17. The van der Waals surface area contributed by atoms with Crippen LogP contribution in [-0.4, -0.2) is 72.1 Å². The number of ether oxygens (including phenoxy) is 1. The molecule has 2 aromatic rings. The quantitative estimate of drug-likeness (QED) is 0.864. The minimum atomic E-state index is -0.0737. The van der Waals surface area contributed by atoms with Crippen molar-refractivity contribution in [3.63, 3.8) is 0 Å². The molecule has 8 nitrogen and oxygen atoms in total. The number of hydrogen-bond donors (Lipinski definition) is 1. The molecule has 1 N–H and O–H groups in total. The number of anilines is 1. The van der Waals surface area contributed by atoms with Gasteiger partial charge in [-0.25, -0.2) is 0 Å². The molecule has 0 bridgehead atoms. The Balaban J connectivity index is 1.47. The number of aromatic amines is 1. The number of carbonyl (C=O) groups excluding carboxylic acids is 2. The van der Waals surface area contributed by atoms with Gasteiger partial charge in [0.15, 0.2) is 0 Å². The molecule has 1 aromatic heterocycles. The lowest BCUT2D eigenvalue weighted by atomic mass is 10.0. The van der Waals surface area contributed by atoms with Gasteiger partial charge in [-0.1, -0.05) is 0 Å². The lowest BCUT2D eigenvalue weighted by Gasteiger charge is -2.37. The Kier molecular flexibility index (Phi) is 4.70. The van der Waals surface area contributed by atoms with Gasteiger partial charge in [-0.15, -0.1) is 0 Å². The molecule has 2 amide bonds. The summed E-state index contributed by atoms with van der Waals surface area (Å²) in [4.78, 5) is 30.6. The summed E-state index contributed by atoms with van der Waals surface area (Å²) in [7, 11) is 5.41. The topological polar surface area (TPSA) is 81.8 Å². The predicted molar refractivity (Wildman–Crippen MR) is 104 cm³/mol. The summed E-state index contributed by atoms with van der Waals surface area (Å²) >= 11 is 0. The van der Waals surface area contributed by atoms with Gasteiger partial charge in [0.05, 0.1) is 24.3 Å². The van der Waals surface area contributed by atoms with Gasteiger partial charge in [0.2, 0.25) is 5.91 Å². The number of aromatic nitrogens is 2. The van der Waals surface area contributed by atoms with Crippen molar-refractivity contribution in [3.05, 3.63) is 41.2 Å². The zero-order valence-corrected chi connectivity index (χ0v) is 16.4. The molecule has 1 unspecified atom stereocenters. The van der Waals surface area contributed by atoms with Crippen LogP contribution in [0.3, 0.4) is 0 Å². The van der Waals surface area contributed by atoms with Crippen LogP contribution in [0.5, 0.6) is 5.75 Å². The van der Waals surface area contributed by atoms with Crippen molar-refractivity contribution in [2.75, 3.05) is 39.2 Å². The van der Waals surface area contributed by atoms with Gasteiger partial charge in [-0.2, -0.15) is 5.10 Å². The lowest BCUT2D eigenvalue weighted by Crippen LogP contribution is -2.45. The molecule has 1 atom stereocenters. The molecule has 2 aliphatic rings. The molecule has 148 valence electrons. The van der Waals surface area contributed by atoms with Crippen molar-refractivity contribution in [1.82, 2.24) is 20.0 Å². The minimum Gasteiger partial charge on any atom is -0.489 e. The van der Waals surface area contributed by atoms with Crippen LogP contribution in [-0.2, 0) is 17.8 Å². The van der Waals surface area contributed by atoms with E-state index in [1.54, 1.807) is 31.3 Å². The summed E-state index contributed by atoms with van der Waals surface area (Å²) in [6, 6.07) is 5.37. The largest absolute Gasteiger partial charge is 0.489 e. The van der Waals surface area contributed by atoms with E-state index in [1.807, 2.05) is 24.1 Å². The summed E-state index contributed by atoms with van der Waals surface area (Å²) in [5, 5.41) is 7.05. The minimum absolute atomic E-state index is 0.0568. The second-order valence-corrected chi connectivity index (χ2v) is 7.60. The molecular weight excluding hydrogens is 358 g/mol. The highest BCUT2D eigenvalue weighted by molar-refractivity contribution is 5.95. The Morgan fingerprint density at radius 1 is 1.36 bits per heavy atom. The molecule has 4 rings (SSSR count). The molecule has 0 saturated heterocycles. The van der Waals surface area contributed by atoms with E-state index in [-0.39, 0.29) is 17.9 Å². The average molecular weight is 383 g/mol. The third-order valence-electron chi connectivity index (χ3n) is 5.53. The molecular formula is C20H25N5O3. The van der Waals surface area contributed by atoms with Crippen molar-refractivity contribution in [2.45, 2.75) is 25.4 Å². The van der Waals surface area contributed by atoms with Crippen molar-refractivity contribution >= 4 is 17.5 Å². The summed E-state index contributed by atoms with van der Waals surface area (Å²) in [5.41, 5.74) is 3.65. The molecule has 0 spiro atoms. The number of carbonyl (C=O) groups is 2. The van der Waals surface area contributed by atoms with E-state index in [0.717, 1.165) is 29.1 Å². The summed E-state index contributed by atoms with van der Waals surface area (Å²) < 4.78 is 5.88. The van der Waals surface area contributed by atoms with Crippen LogP contribution in [0.25, 0.3) is 0 Å². The van der Waals surface area contributed by atoms with E-state index in [1.165, 1.54) is 0 Å². The molecule has 8 heteroatoms. The van der Waals surface area contributed by atoms with Gasteiger partial charge in [0.1, 0.15) is 12.4 Å². The smallest absolute Gasteiger partial charge is 0.253 e. The first-order valence-corrected chi connectivity index (χ1v) is 9.44. The number of hydrogen-bond acceptors (Lipinski definition) is 5. The number of amides is 2. The fourth-order valence-electron chi connectivity index (χ4n) is 3.76. The number of likely N-dealkylation sites (N-methyl/N-ethyl adjacent to an activating group) is 1. The van der Waals surface area contributed by atoms with E-state index >= 15 is 0 Å². The first-order chi connectivity index (χ1) is 13.4. The molecule has 2 aliphatic heterocycles. The molecule has 1 aromatic carbocycles. The number of fused-ring (bicyclic) bond motifs is 2. The predicted octanol–water partition coefficient (Wildman–Crippen LogP) is 1.28. The number of nitrogens with zero attached hydrogens (tertiary/aromatic N) is 4. The maximum atomic E-state index is 12.9. The summed E-state index contributed by atoms with van der Waals surface area (Å²) in [5.74, 6) is 0.789. The van der Waals surface area contributed by atoms with E-state index in [4.69, 9.17) is 4.74 Å². The van der Waals surface area contributed by atoms with Crippen molar-refractivity contribution in [2.24, 2.45) is 0 Å². The number of rotatable bonds is 3. The van der Waals surface area contributed by atoms with Gasteiger partial charge in [-0.3, -0.25) is 14.7 Å².